The Labute approximate surface area is 125 Å². The molecular formula is C16H20N2O2S. The van der Waals surface area contributed by atoms with Crippen LogP contribution in [0.5, 0.6) is 0 Å². The van der Waals surface area contributed by atoms with Crippen molar-refractivity contribution in [2.24, 2.45) is 5.92 Å². The Balaban J connectivity index is 2.15. The smallest absolute Gasteiger partial charge is 0.243 e. The number of nitrogens with zero attached hydrogens (tertiary/aromatic N) is 1. The molecule has 1 heterocycles. The fourth-order valence-corrected chi connectivity index (χ4v) is 5.20. The van der Waals surface area contributed by atoms with Gasteiger partial charge in [0.1, 0.15) is 0 Å². The highest BCUT2D eigenvalue weighted by Gasteiger charge is 2.36. The van der Waals surface area contributed by atoms with Crippen molar-refractivity contribution >= 4 is 26.5 Å². The van der Waals surface area contributed by atoms with E-state index in [9.17, 15) is 8.42 Å². The van der Waals surface area contributed by atoms with Gasteiger partial charge in [0.05, 0.1) is 4.90 Å². The number of hydrogen-bond donors (Lipinski definition) is 1. The average Bonchev–Trinajstić information content (AvgIpc) is 2.77. The lowest BCUT2D eigenvalue weighted by molar-refractivity contribution is 0.406. The molecule has 1 aliphatic rings. The van der Waals surface area contributed by atoms with Crippen molar-refractivity contribution in [3.63, 3.8) is 0 Å². The maximum absolute atomic E-state index is 13.0. The van der Waals surface area contributed by atoms with Gasteiger partial charge < -0.3 is 5.73 Å². The molecule has 0 amide bonds. The summed E-state index contributed by atoms with van der Waals surface area (Å²) in [6, 6.07) is 10.8. The predicted octanol–water partition coefficient (Wildman–Crippen LogP) is 2.84. The van der Waals surface area contributed by atoms with Gasteiger partial charge in [-0.05, 0) is 42.8 Å². The first kappa shape index (κ1) is 14.4. The third-order valence-electron chi connectivity index (χ3n) is 4.18. The molecule has 0 aliphatic carbocycles. The van der Waals surface area contributed by atoms with Gasteiger partial charge in [-0.2, -0.15) is 4.31 Å². The number of fused-ring (bicyclic) bond motifs is 1. The first-order valence-corrected chi connectivity index (χ1v) is 8.63. The molecule has 1 saturated heterocycles. The van der Waals surface area contributed by atoms with Gasteiger partial charge in [0.15, 0.2) is 0 Å². The summed E-state index contributed by atoms with van der Waals surface area (Å²) in [4.78, 5) is 0.376. The van der Waals surface area contributed by atoms with Crippen LogP contribution in [0, 0.1) is 5.92 Å². The molecule has 0 radical (unpaired) electrons. The van der Waals surface area contributed by atoms with Gasteiger partial charge >= 0.3 is 0 Å². The average molecular weight is 304 g/mol. The molecule has 4 nitrogen and oxygen atoms in total. The second kappa shape index (κ2) is 5.00. The van der Waals surface area contributed by atoms with Gasteiger partial charge in [-0.3, -0.25) is 0 Å². The van der Waals surface area contributed by atoms with Crippen LogP contribution in [0.2, 0.25) is 0 Å². The molecule has 112 valence electrons. The number of rotatable bonds is 2. The molecule has 2 unspecified atom stereocenters. The van der Waals surface area contributed by atoms with Crippen LogP contribution in [0.3, 0.4) is 0 Å². The highest BCUT2D eigenvalue weighted by molar-refractivity contribution is 7.89. The van der Waals surface area contributed by atoms with Crippen molar-refractivity contribution in [3.8, 4) is 0 Å². The zero-order valence-electron chi connectivity index (χ0n) is 12.3. The standard InChI is InChI=1S/C16H20N2O2S/c1-11-8-12(2)18(10-11)21(19,20)16-5-3-4-13-9-14(17)6-7-15(13)16/h3-7,9,11-12H,8,10,17H2,1-2H3. The molecule has 5 heteroatoms. The maximum Gasteiger partial charge on any atom is 0.243 e. The summed E-state index contributed by atoms with van der Waals surface area (Å²) in [5.74, 6) is 0.403. The van der Waals surface area contributed by atoms with Crippen molar-refractivity contribution in [2.45, 2.75) is 31.2 Å². The van der Waals surface area contributed by atoms with Crippen molar-refractivity contribution in [2.75, 3.05) is 12.3 Å². The second-order valence-corrected chi connectivity index (χ2v) is 7.86. The zero-order chi connectivity index (χ0) is 15.2. The first-order valence-electron chi connectivity index (χ1n) is 7.19. The van der Waals surface area contributed by atoms with Gasteiger partial charge in [0, 0.05) is 23.7 Å². The van der Waals surface area contributed by atoms with Crippen LogP contribution >= 0.6 is 0 Å². The topological polar surface area (TPSA) is 63.4 Å². The van der Waals surface area contributed by atoms with E-state index >= 15 is 0 Å². The minimum absolute atomic E-state index is 0.0500. The lowest BCUT2D eigenvalue weighted by Gasteiger charge is -2.22. The molecule has 0 spiro atoms. The van der Waals surface area contributed by atoms with Crippen molar-refractivity contribution in [1.29, 1.82) is 0 Å². The molecule has 0 saturated carbocycles. The summed E-state index contributed by atoms with van der Waals surface area (Å²) in [5.41, 5.74) is 6.42. The maximum atomic E-state index is 13.0. The van der Waals surface area contributed by atoms with Gasteiger partial charge in [0.2, 0.25) is 10.0 Å². The van der Waals surface area contributed by atoms with Crippen LogP contribution in [0.25, 0.3) is 10.8 Å². The summed E-state index contributed by atoms with van der Waals surface area (Å²) in [7, 11) is -3.47. The van der Waals surface area contributed by atoms with E-state index in [0.29, 0.717) is 23.0 Å². The molecule has 3 rings (SSSR count). The number of hydrogen-bond acceptors (Lipinski definition) is 3. The van der Waals surface area contributed by atoms with E-state index in [1.165, 1.54) is 0 Å². The molecule has 0 bridgehead atoms. The Bertz CT molecular complexity index is 786. The Morgan fingerprint density at radius 3 is 2.62 bits per heavy atom. The fourth-order valence-electron chi connectivity index (χ4n) is 3.22. The zero-order valence-corrected chi connectivity index (χ0v) is 13.1. The summed E-state index contributed by atoms with van der Waals surface area (Å²) in [5, 5.41) is 1.59. The number of benzene rings is 2. The molecule has 2 aromatic carbocycles. The minimum Gasteiger partial charge on any atom is -0.399 e. The van der Waals surface area contributed by atoms with E-state index in [4.69, 9.17) is 5.73 Å². The fraction of sp³-hybridized carbons (Fsp3) is 0.375. The summed E-state index contributed by atoms with van der Waals surface area (Å²) < 4.78 is 27.6. The highest BCUT2D eigenvalue weighted by Crippen LogP contribution is 2.32. The Kier molecular flexibility index (Phi) is 3.42. The molecule has 1 fully saturated rings. The molecular weight excluding hydrogens is 284 g/mol. The summed E-state index contributed by atoms with van der Waals surface area (Å²) in [6.45, 7) is 4.66. The van der Waals surface area contributed by atoms with Crippen molar-refractivity contribution in [1.82, 2.24) is 4.31 Å². The third kappa shape index (κ3) is 2.40. The number of anilines is 1. The van der Waals surface area contributed by atoms with E-state index in [1.807, 2.05) is 19.1 Å². The normalized spacial score (nSPS) is 23.7. The summed E-state index contributed by atoms with van der Waals surface area (Å²) >= 11 is 0. The predicted molar refractivity (Wildman–Crippen MR) is 85.5 cm³/mol. The van der Waals surface area contributed by atoms with Gasteiger partial charge in [-0.1, -0.05) is 25.1 Å². The highest BCUT2D eigenvalue weighted by atomic mass is 32.2. The first-order chi connectivity index (χ1) is 9.89. The monoisotopic (exact) mass is 304 g/mol. The molecule has 0 aromatic heterocycles. The summed E-state index contributed by atoms with van der Waals surface area (Å²) in [6.07, 6.45) is 0.914. The molecule has 2 aromatic rings. The van der Waals surface area contributed by atoms with E-state index in [-0.39, 0.29) is 6.04 Å². The van der Waals surface area contributed by atoms with Crippen LogP contribution in [0.1, 0.15) is 20.3 Å². The molecule has 21 heavy (non-hydrogen) atoms. The molecule has 1 aliphatic heterocycles. The van der Waals surface area contributed by atoms with Gasteiger partial charge in [-0.15, -0.1) is 0 Å². The van der Waals surface area contributed by atoms with Crippen LogP contribution in [-0.4, -0.2) is 25.3 Å². The third-order valence-corrected chi connectivity index (χ3v) is 6.22. The van der Waals surface area contributed by atoms with E-state index in [0.717, 1.165) is 17.2 Å². The van der Waals surface area contributed by atoms with Crippen LogP contribution in [0.15, 0.2) is 41.3 Å². The Hall–Kier alpha value is -1.59. The number of nitrogen functional groups attached to an aromatic ring is 1. The SMILES string of the molecule is CC1CC(C)N(S(=O)(=O)c2cccc3cc(N)ccc23)C1. The molecule has 2 N–H and O–H groups in total. The van der Waals surface area contributed by atoms with Crippen molar-refractivity contribution in [3.05, 3.63) is 36.4 Å². The molecule has 2 atom stereocenters. The van der Waals surface area contributed by atoms with E-state index in [2.05, 4.69) is 6.92 Å². The lowest BCUT2D eigenvalue weighted by Crippen LogP contribution is -2.34. The number of nitrogens with two attached hydrogens (primary N) is 1. The van der Waals surface area contributed by atoms with Gasteiger partial charge in [-0.25, -0.2) is 8.42 Å². The second-order valence-electron chi connectivity index (χ2n) is 6.00. The van der Waals surface area contributed by atoms with Crippen LogP contribution < -0.4 is 5.73 Å². The van der Waals surface area contributed by atoms with Crippen molar-refractivity contribution < 1.29 is 8.42 Å². The van der Waals surface area contributed by atoms with Gasteiger partial charge in [0.25, 0.3) is 0 Å². The van der Waals surface area contributed by atoms with Crippen LogP contribution in [0.4, 0.5) is 5.69 Å². The quantitative estimate of drug-likeness (QED) is 0.868. The largest absolute Gasteiger partial charge is 0.399 e. The van der Waals surface area contributed by atoms with E-state index in [1.54, 1.807) is 28.6 Å². The minimum atomic E-state index is -3.47. The Morgan fingerprint density at radius 1 is 1.19 bits per heavy atom. The van der Waals surface area contributed by atoms with Crippen LogP contribution in [-0.2, 0) is 10.0 Å². The number of sulfonamides is 1. The van der Waals surface area contributed by atoms with E-state index < -0.39 is 10.0 Å². The Morgan fingerprint density at radius 2 is 1.95 bits per heavy atom. The lowest BCUT2D eigenvalue weighted by atomic mass is 10.1.